The molecule has 0 fully saturated rings. The quantitative estimate of drug-likeness (QED) is 0.808. The van der Waals surface area contributed by atoms with Crippen LogP contribution in [0.4, 0.5) is 4.39 Å². The van der Waals surface area contributed by atoms with Gasteiger partial charge in [0, 0.05) is 19.3 Å². The molecule has 1 heterocycles. The molecule has 0 atom stereocenters. The molecule has 18 heavy (non-hydrogen) atoms. The summed E-state index contributed by atoms with van der Waals surface area (Å²) in [5.41, 5.74) is 1.71. The third-order valence-electron chi connectivity index (χ3n) is 2.92. The van der Waals surface area contributed by atoms with Crippen LogP contribution in [0.3, 0.4) is 0 Å². The van der Waals surface area contributed by atoms with Crippen LogP contribution in [-0.2, 0) is 17.6 Å². The van der Waals surface area contributed by atoms with Crippen molar-refractivity contribution in [2.75, 3.05) is 0 Å². The zero-order chi connectivity index (χ0) is 13.0. The number of hydrogen-bond acceptors (Lipinski definition) is 2. The molecule has 0 aliphatic heterocycles. The average Bonchev–Trinajstić information content (AvgIpc) is 2.83. The lowest BCUT2D eigenvalue weighted by molar-refractivity contribution is -0.118. The first-order valence-corrected chi connectivity index (χ1v) is 5.94. The second kappa shape index (κ2) is 5.63. The normalized spacial score (nSPS) is 10.6. The Hall–Kier alpha value is -1.90. The topological polar surface area (TPSA) is 30.2 Å². The van der Waals surface area contributed by atoms with E-state index in [4.69, 9.17) is 4.42 Å². The summed E-state index contributed by atoms with van der Waals surface area (Å²) in [4.78, 5) is 11.8. The smallest absolute Gasteiger partial charge is 0.137 e. The molecular weight excluding hydrogens is 231 g/mol. The Bertz CT molecular complexity index is 529. The molecule has 0 saturated carbocycles. The van der Waals surface area contributed by atoms with Crippen molar-refractivity contribution >= 4 is 5.78 Å². The standard InChI is InChI=1S/C15H15FO2/c1-11-9-13(16)5-4-12(11)10-14(17)6-7-15-3-2-8-18-15/h2-5,8-9H,6-7,10H2,1H3. The van der Waals surface area contributed by atoms with Crippen molar-refractivity contribution in [1.82, 2.24) is 0 Å². The minimum absolute atomic E-state index is 0.140. The van der Waals surface area contributed by atoms with Gasteiger partial charge in [-0.05, 0) is 42.3 Å². The molecule has 0 radical (unpaired) electrons. The maximum Gasteiger partial charge on any atom is 0.137 e. The summed E-state index contributed by atoms with van der Waals surface area (Å²) in [7, 11) is 0. The van der Waals surface area contributed by atoms with Crippen molar-refractivity contribution in [3.05, 3.63) is 59.3 Å². The van der Waals surface area contributed by atoms with E-state index in [1.54, 1.807) is 12.3 Å². The van der Waals surface area contributed by atoms with Crippen LogP contribution in [0.15, 0.2) is 41.0 Å². The summed E-state index contributed by atoms with van der Waals surface area (Å²) < 4.78 is 18.1. The fraction of sp³-hybridized carbons (Fsp3) is 0.267. The van der Waals surface area contributed by atoms with E-state index in [1.165, 1.54) is 12.1 Å². The number of rotatable bonds is 5. The highest BCUT2D eigenvalue weighted by Crippen LogP contribution is 2.13. The predicted molar refractivity (Wildman–Crippen MR) is 66.9 cm³/mol. The molecule has 0 N–H and O–H groups in total. The van der Waals surface area contributed by atoms with Crippen LogP contribution in [0, 0.1) is 12.7 Å². The lowest BCUT2D eigenvalue weighted by atomic mass is 10.0. The van der Waals surface area contributed by atoms with Crippen molar-refractivity contribution in [1.29, 1.82) is 0 Å². The monoisotopic (exact) mass is 246 g/mol. The van der Waals surface area contributed by atoms with Crippen molar-refractivity contribution in [2.24, 2.45) is 0 Å². The van der Waals surface area contributed by atoms with E-state index in [1.807, 2.05) is 19.1 Å². The molecule has 94 valence electrons. The zero-order valence-electron chi connectivity index (χ0n) is 10.3. The molecule has 0 spiro atoms. The van der Waals surface area contributed by atoms with E-state index in [2.05, 4.69) is 0 Å². The summed E-state index contributed by atoms with van der Waals surface area (Å²) in [6.45, 7) is 1.82. The Labute approximate surface area is 105 Å². The van der Waals surface area contributed by atoms with Crippen molar-refractivity contribution < 1.29 is 13.6 Å². The summed E-state index contributed by atoms with van der Waals surface area (Å²) in [5.74, 6) is 0.694. The number of carbonyl (C=O) groups is 1. The maximum atomic E-state index is 12.9. The number of hydrogen-bond donors (Lipinski definition) is 0. The van der Waals surface area contributed by atoms with E-state index in [-0.39, 0.29) is 11.6 Å². The Morgan fingerprint density at radius 3 is 2.83 bits per heavy atom. The first kappa shape index (κ1) is 12.6. The molecule has 0 bridgehead atoms. The Morgan fingerprint density at radius 2 is 2.17 bits per heavy atom. The molecule has 2 aromatic rings. The van der Waals surface area contributed by atoms with Gasteiger partial charge >= 0.3 is 0 Å². The highest BCUT2D eigenvalue weighted by Gasteiger charge is 2.08. The Morgan fingerprint density at radius 1 is 1.33 bits per heavy atom. The predicted octanol–water partition coefficient (Wildman–Crippen LogP) is 3.47. The van der Waals surface area contributed by atoms with Gasteiger partial charge in [0.2, 0.25) is 0 Å². The van der Waals surface area contributed by atoms with Crippen LogP contribution in [0.2, 0.25) is 0 Å². The average molecular weight is 246 g/mol. The van der Waals surface area contributed by atoms with Crippen LogP contribution in [0.1, 0.15) is 23.3 Å². The van der Waals surface area contributed by atoms with E-state index >= 15 is 0 Å². The molecule has 2 nitrogen and oxygen atoms in total. The molecular formula is C15H15FO2. The zero-order valence-corrected chi connectivity index (χ0v) is 10.3. The molecule has 0 unspecified atom stereocenters. The lowest BCUT2D eigenvalue weighted by Crippen LogP contribution is -2.05. The van der Waals surface area contributed by atoms with Gasteiger partial charge in [0.1, 0.15) is 17.4 Å². The van der Waals surface area contributed by atoms with Gasteiger partial charge in [-0.25, -0.2) is 4.39 Å². The minimum atomic E-state index is -0.265. The van der Waals surface area contributed by atoms with Gasteiger partial charge < -0.3 is 4.42 Å². The third kappa shape index (κ3) is 3.29. The number of furan rings is 1. The number of benzene rings is 1. The van der Waals surface area contributed by atoms with Gasteiger partial charge in [-0.1, -0.05) is 6.07 Å². The Balaban J connectivity index is 1.91. The van der Waals surface area contributed by atoms with E-state index in [0.717, 1.165) is 16.9 Å². The molecule has 2 rings (SSSR count). The van der Waals surface area contributed by atoms with Crippen molar-refractivity contribution in [3.63, 3.8) is 0 Å². The molecule has 3 heteroatoms. The van der Waals surface area contributed by atoms with Crippen LogP contribution < -0.4 is 0 Å². The molecule has 0 amide bonds. The second-order valence-corrected chi connectivity index (χ2v) is 4.37. The molecule has 0 aliphatic rings. The van der Waals surface area contributed by atoms with Gasteiger partial charge in [-0.15, -0.1) is 0 Å². The van der Waals surface area contributed by atoms with Gasteiger partial charge in [0.15, 0.2) is 0 Å². The Kier molecular flexibility index (Phi) is 3.92. The van der Waals surface area contributed by atoms with E-state index in [0.29, 0.717) is 19.3 Å². The second-order valence-electron chi connectivity index (χ2n) is 4.37. The van der Waals surface area contributed by atoms with Gasteiger partial charge in [-0.2, -0.15) is 0 Å². The fourth-order valence-electron chi connectivity index (χ4n) is 1.88. The number of Topliss-reactive ketones (excluding diaryl/α,β-unsaturated/α-hetero) is 1. The summed E-state index contributed by atoms with van der Waals surface area (Å²) in [6.07, 6.45) is 3.02. The highest BCUT2D eigenvalue weighted by molar-refractivity contribution is 5.81. The molecule has 1 aromatic heterocycles. The van der Waals surface area contributed by atoms with Crippen LogP contribution >= 0.6 is 0 Å². The first-order valence-electron chi connectivity index (χ1n) is 5.94. The summed E-state index contributed by atoms with van der Waals surface area (Å²) >= 11 is 0. The van der Waals surface area contributed by atoms with Crippen LogP contribution in [0.5, 0.6) is 0 Å². The van der Waals surface area contributed by atoms with Gasteiger partial charge in [0.25, 0.3) is 0 Å². The van der Waals surface area contributed by atoms with Gasteiger partial charge in [0.05, 0.1) is 6.26 Å². The van der Waals surface area contributed by atoms with Crippen molar-refractivity contribution in [3.8, 4) is 0 Å². The highest BCUT2D eigenvalue weighted by atomic mass is 19.1. The van der Waals surface area contributed by atoms with Crippen LogP contribution in [0.25, 0.3) is 0 Å². The lowest BCUT2D eigenvalue weighted by Gasteiger charge is -2.04. The summed E-state index contributed by atoms with van der Waals surface area (Å²) in [5, 5.41) is 0. The van der Waals surface area contributed by atoms with E-state index in [9.17, 15) is 9.18 Å². The number of ketones is 1. The molecule has 0 aliphatic carbocycles. The van der Waals surface area contributed by atoms with Crippen molar-refractivity contribution in [2.45, 2.75) is 26.2 Å². The van der Waals surface area contributed by atoms with Gasteiger partial charge in [-0.3, -0.25) is 4.79 Å². The van der Waals surface area contributed by atoms with Crippen LogP contribution in [-0.4, -0.2) is 5.78 Å². The molecule has 1 aromatic carbocycles. The third-order valence-corrected chi connectivity index (χ3v) is 2.92. The first-order chi connectivity index (χ1) is 8.65. The summed E-state index contributed by atoms with van der Waals surface area (Å²) in [6, 6.07) is 8.19. The number of halogens is 1. The fourth-order valence-corrected chi connectivity index (χ4v) is 1.88. The maximum absolute atomic E-state index is 12.9. The molecule has 0 saturated heterocycles. The number of carbonyl (C=O) groups excluding carboxylic acids is 1. The number of aryl methyl sites for hydroxylation is 2. The minimum Gasteiger partial charge on any atom is -0.469 e. The largest absolute Gasteiger partial charge is 0.469 e. The van der Waals surface area contributed by atoms with E-state index < -0.39 is 0 Å². The SMILES string of the molecule is Cc1cc(F)ccc1CC(=O)CCc1ccco1.